The number of unbranched alkanes of at least 4 members (excludes halogenated alkanes) is 1. The predicted molar refractivity (Wildman–Crippen MR) is 67.1 cm³/mol. The summed E-state index contributed by atoms with van der Waals surface area (Å²) in [5, 5.41) is 51.6. The first-order valence-electron chi connectivity index (χ1n) is 6.02. The molecule has 0 fully saturated rings. The minimum Gasteiger partial charge on any atom is -0.394 e. The minimum absolute atomic E-state index is 0.696. The first-order valence-corrected chi connectivity index (χ1v) is 6.02. The van der Waals surface area contributed by atoms with E-state index in [2.05, 4.69) is 5.10 Å². The van der Waals surface area contributed by atoms with Crippen molar-refractivity contribution >= 4 is 6.21 Å². The molecule has 0 amide bonds. The van der Waals surface area contributed by atoms with Crippen LogP contribution < -0.4 is 0 Å². The normalized spacial score (nSPS) is 18.6. The topological polar surface area (TPSA) is 117 Å². The molecule has 0 bridgehead atoms. The van der Waals surface area contributed by atoms with Gasteiger partial charge in [0.05, 0.1) is 12.8 Å². The van der Waals surface area contributed by atoms with Gasteiger partial charge in [-0.1, -0.05) is 13.3 Å². The molecule has 18 heavy (non-hydrogen) atoms. The van der Waals surface area contributed by atoms with Gasteiger partial charge in [-0.25, -0.2) is 0 Å². The zero-order valence-corrected chi connectivity index (χ0v) is 10.8. The van der Waals surface area contributed by atoms with Gasteiger partial charge in [-0.05, 0) is 6.42 Å². The highest BCUT2D eigenvalue weighted by Crippen LogP contribution is 2.04. The molecule has 0 aromatic heterocycles. The molecule has 0 aromatic carbocycles. The summed E-state index contributed by atoms with van der Waals surface area (Å²) in [5.41, 5.74) is 0. The van der Waals surface area contributed by atoms with Crippen molar-refractivity contribution in [3.8, 4) is 0 Å². The molecule has 108 valence electrons. The Hall–Kier alpha value is -0.730. The highest BCUT2D eigenvalue weighted by atomic mass is 16.4. The highest BCUT2D eigenvalue weighted by Gasteiger charge is 2.29. The van der Waals surface area contributed by atoms with Crippen molar-refractivity contribution in [2.24, 2.45) is 5.10 Å². The Morgan fingerprint density at radius 1 is 1.17 bits per heavy atom. The summed E-state index contributed by atoms with van der Waals surface area (Å²) in [5.74, 6) is 0. The fourth-order valence-corrected chi connectivity index (χ4v) is 1.25. The number of hydrazone groups is 1. The van der Waals surface area contributed by atoms with Gasteiger partial charge >= 0.3 is 0 Å². The van der Waals surface area contributed by atoms with Gasteiger partial charge < -0.3 is 30.5 Å². The maximum absolute atomic E-state index is 9.53. The molecule has 0 spiro atoms. The molecule has 0 saturated heterocycles. The van der Waals surface area contributed by atoms with Crippen LogP contribution in [0.4, 0.5) is 0 Å². The molecule has 0 aromatic rings. The van der Waals surface area contributed by atoms with Crippen molar-refractivity contribution in [3.63, 3.8) is 0 Å². The van der Waals surface area contributed by atoms with Crippen LogP contribution in [0.3, 0.4) is 0 Å². The van der Waals surface area contributed by atoms with E-state index in [1.807, 2.05) is 6.92 Å². The Morgan fingerprint density at radius 3 is 2.28 bits per heavy atom. The lowest BCUT2D eigenvalue weighted by molar-refractivity contribution is -0.100. The zero-order chi connectivity index (χ0) is 14.1. The second-order valence-electron chi connectivity index (χ2n) is 4.22. The van der Waals surface area contributed by atoms with Crippen LogP contribution in [0.5, 0.6) is 0 Å². The number of rotatable bonds is 9. The Bertz CT molecular complexity index is 239. The van der Waals surface area contributed by atoms with E-state index in [4.69, 9.17) is 10.2 Å². The lowest BCUT2D eigenvalue weighted by Crippen LogP contribution is -2.46. The van der Waals surface area contributed by atoms with E-state index in [-0.39, 0.29) is 0 Å². The lowest BCUT2D eigenvalue weighted by atomic mass is 10.0. The Labute approximate surface area is 107 Å². The molecule has 7 heteroatoms. The van der Waals surface area contributed by atoms with Crippen LogP contribution in [0, 0.1) is 0 Å². The van der Waals surface area contributed by atoms with Crippen LogP contribution in [0.2, 0.25) is 0 Å². The number of hydrogen-bond acceptors (Lipinski definition) is 7. The quantitative estimate of drug-likeness (QED) is 0.246. The van der Waals surface area contributed by atoms with Gasteiger partial charge in [0.15, 0.2) is 0 Å². The molecule has 7 nitrogen and oxygen atoms in total. The molecular formula is C11H24N2O5. The van der Waals surface area contributed by atoms with E-state index in [0.29, 0.717) is 0 Å². The molecule has 0 rings (SSSR count). The largest absolute Gasteiger partial charge is 0.394 e. The van der Waals surface area contributed by atoms with Crippen LogP contribution >= 0.6 is 0 Å². The van der Waals surface area contributed by atoms with E-state index in [0.717, 1.165) is 25.6 Å². The molecule has 0 aliphatic heterocycles. The fraction of sp³-hybridized carbons (Fsp3) is 0.909. The average Bonchev–Trinajstić information content (AvgIpc) is 2.39. The van der Waals surface area contributed by atoms with E-state index >= 15 is 0 Å². The smallest absolute Gasteiger partial charge is 0.119 e. The third-order valence-corrected chi connectivity index (χ3v) is 2.53. The molecule has 0 radical (unpaired) electrons. The highest BCUT2D eigenvalue weighted by molar-refractivity contribution is 5.63. The van der Waals surface area contributed by atoms with Crippen molar-refractivity contribution in [3.05, 3.63) is 0 Å². The van der Waals surface area contributed by atoms with E-state index in [1.165, 1.54) is 0 Å². The molecule has 0 aliphatic carbocycles. The monoisotopic (exact) mass is 264 g/mol. The van der Waals surface area contributed by atoms with Crippen LogP contribution in [0.25, 0.3) is 0 Å². The maximum Gasteiger partial charge on any atom is 0.119 e. The van der Waals surface area contributed by atoms with Crippen LogP contribution in [-0.2, 0) is 0 Å². The van der Waals surface area contributed by atoms with Gasteiger partial charge in [-0.2, -0.15) is 5.10 Å². The maximum atomic E-state index is 9.53. The van der Waals surface area contributed by atoms with Gasteiger partial charge in [-0.3, -0.25) is 0 Å². The SMILES string of the molecule is CCCCN(C)/N=C/[C@@H](O)[C@@H](O)[C@H](O)[C@H](O)CO. The number of hydrogen-bond donors (Lipinski definition) is 5. The van der Waals surface area contributed by atoms with Gasteiger partial charge in [0, 0.05) is 13.6 Å². The number of aliphatic hydroxyl groups is 5. The zero-order valence-electron chi connectivity index (χ0n) is 10.8. The van der Waals surface area contributed by atoms with Crippen molar-refractivity contribution in [2.75, 3.05) is 20.2 Å². The third-order valence-electron chi connectivity index (χ3n) is 2.53. The van der Waals surface area contributed by atoms with Crippen molar-refractivity contribution < 1.29 is 25.5 Å². The predicted octanol–water partition coefficient (Wildman–Crippen LogP) is -1.86. The minimum atomic E-state index is -1.63. The fourth-order valence-electron chi connectivity index (χ4n) is 1.25. The van der Waals surface area contributed by atoms with Crippen molar-refractivity contribution in [1.29, 1.82) is 0 Å². The summed E-state index contributed by atoms with van der Waals surface area (Å²) < 4.78 is 0. The van der Waals surface area contributed by atoms with Gasteiger partial charge in [0.25, 0.3) is 0 Å². The molecule has 0 heterocycles. The van der Waals surface area contributed by atoms with Gasteiger partial charge in [0.1, 0.15) is 24.4 Å². The summed E-state index contributed by atoms with van der Waals surface area (Å²) in [4.78, 5) is 0. The van der Waals surface area contributed by atoms with E-state index in [1.54, 1.807) is 12.1 Å². The van der Waals surface area contributed by atoms with E-state index < -0.39 is 31.0 Å². The average molecular weight is 264 g/mol. The summed E-state index contributed by atoms with van der Waals surface area (Å²) in [6.07, 6.45) is -3.07. The molecule has 0 unspecified atom stereocenters. The second-order valence-corrected chi connectivity index (χ2v) is 4.22. The standard InChI is InChI=1S/C11H24N2O5/c1-3-4-5-13(2)12-6-8(15)10(17)11(18)9(16)7-14/h6,8-11,14-18H,3-5,7H2,1-2H3/b12-6+/t8-,9-,10-,11-/m1/s1. The van der Waals surface area contributed by atoms with E-state index in [9.17, 15) is 15.3 Å². The summed E-state index contributed by atoms with van der Waals surface area (Å²) in [6, 6.07) is 0. The Morgan fingerprint density at radius 2 is 1.78 bits per heavy atom. The first kappa shape index (κ1) is 17.3. The Balaban J connectivity index is 4.21. The number of nitrogens with zero attached hydrogens (tertiary/aromatic N) is 2. The lowest BCUT2D eigenvalue weighted by Gasteiger charge is -2.23. The second kappa shape index (κ2) is 9.23. The summed E-state index contributed by atoms with van der Waals surface area (Å²) in [6.45, 7) is 2.07. The molecule has 5 N–H and O–H groups in total. The van der Waals surface area contributed by atoms with Crippen molar-refractivity contribution in [1.82, 2.24) is 5.01 Å². The third kappa shape index (κ3) is 6.27. The van der Waals surface area contributed by atoms with Crippen molar-refractivity contribution in [2.45, 2.75) is 44.2 Å². The summed E-state index contributed by atoms with van der Waals surface area (Å²) in [7, 11) is 1.73. The summed E-state index contributed by atoms with van der Waals surface area (Å²) >= 11 is 0. The van der Waals surface area contributed by atoms with Gasteiger partial charge in [0.2, 0.25) is 0 Å². The van der Waals surface area contributed by atoms with Crippen LogP contribution in [0.15, 0.2) is 5.10 Å². The molecule has 4 atom stereocenters. The molecule has 0 aliphatic rings. The number of aliphatic hydroxyl groups excluding tert-OH is 5. The first-order chi connectivity index (χ1) is 8.43. The van der Waals surface area contributed by atoms with Crippen LogP contribution in [0.1, 0.15) is 19.8 Å². The molecule has 0 saturated carbocycles. The van der Waals surface area contributed by atoms with Crippen LogP contribution in [-0.4, -0.2) is 81.4 Å². The Kier molecular flexibility index (Phi) is 8.86. The molecular weight excluding hydrogens is 240 g/mol. The van der Waals surface area contributed by atoms with Gasteiger partial charge in [-0.15, -0.1) is 0 Å².